The van der Waals surface area contributed by atoms with E-state index in [1.165, 1.54) is 30.4 Å². The minimum absolute atomic E-state index is 0.0536. The van der Waals surface area contributed by atoms with Crippen LogP contribution in [0.3, 0.4) is 0 Å². The van der Waals surface area contributed by atoms with Crippen LogP contribution in [0.5, 0.6) is 0 Å². The van der Waals surface area contributed by atoms with Crippen LogP contribution in [0.15, 0.2) is 45.2 Å². The molecule has 2 N–H and O–H groups in total. The third-order valence-corrected chi connectivity index (χ3v) is 5.21. The number of hydrogen-bond acceptors (Lipinski definition) is 7. The van der Waals surface area contributed by atoms with Gasteiger partial charge in [0.15, 0.2) is 5.78 Å². The number of nitrogens with zero attached hydrogens (tertiary/aromatic N) is 3. The average Bonchev–Trinajstić information content (AvgIpc) is 2.81. The third kappa shape index (κ3) is 8.32. The molecule has 13 heteroatoms. The first-order valence-corrected chi connectivity index (χ1v) is 11.9. The maximum Gasteiger partial charge on any atom is 0.482 e. The van der Waals surface area contributed by atoms with Crippen molar-refractivity contribution < 1.29 is 27.6 Å². The summed E-state index contributed by atoms with van der Waals surface area (Å²) >= 11 is 0. The van der Waals surface area contributed by atoms with Crippen molar-refractivity contribution in [1.29, 1.82) is 0 Å². The van der Waals surface area contributed by atoms with Crippen LogP contribution in [0, 0.1) is 5.92 Å². The zero-order chi connectivity index (χ0) is 28.8. The Kier molecular flexibility index (Phi) is 10.0. The number of oxime groups is 1. The summed E-state index contributed by atoms with van der Waals surface area (Å²) in [7, 11) is 0. The Morgan fingerprint density at radius 2 is 1.68 bits per heavy atom. The summed E-state index contributed by atoms with van der Waals surface area (Å²) in [5.41, 5.74) is -2.30. The molecule has 2 rings (SSSR count). The zero-order valence-corrected chi connectivity index (χ0v) is 22.0. The maximum atomic E-state index is 13.3. The van der Waals surface area contributed by atoms with E-state index in [0.717, 1.165) is 21.4 Å². The number of halogens is 3. The highest BCUT2D eigenvalue weighted by molar-refractivity contribution is 6.01. The molecule has 38 heavy (non-hydrogen) atoms. The quantitative estimate of drug-likeness (QED) is 0.196. The molecule has 1 aromatic heterocycles. The van der Waals surface area contributed by atoms with Crippen LogP contribution in [0.1, 0.15) is 57.5 Å². The first kappa shape index (κ1) is 30.3. The lowest BCUT2D eigenvalue weighted by molar-refractivity contribution is -0.124. The van der Waals surface area contributed by atoms with E-state index in [1.807, 2.05) is 0 Å². The predicted octanol–water partition coefficient (Wildman–Crippen LogP) is 3.13. The Morgan fingerprint density at radius 1 is 1.05 bits per heavy atom. The van der Waals surface area contributed by atoms with Gasteiger partial charge in [0, 0.05) is 23.7 Å². The van der Waals surface area contributed by atoms with Gasteiger partial charge in [-0.3, -0.25) is 28.8 Å². The summed E-state index contributed by atoms with van der Waals surface area (Å²) in [4.78, 5) is 56.8. The average molecular weight is 540 g/mol. The first-order valence-electron chi connectivity index (χ1n) is 11.9. The molecule has 1 heterocycles. The van der Waals surface area contributed by atoms with Crippen LogP contribution in [-0.4, -0.2) is 45.0 Å². The Hall–Kier alpha value is -3.90. The molecule has 0 saturated carbocycles. The smallest absolute Gasteiger partial charge is 0.393 e. The molecule has 0 radical (unpaired) electrons. The lowest BCUT2D eigenvalue weighted by Crippen LogP contribution is -2.48. The maximum absolute atomic E-state index is 13.3. The third-order valence-electron chi connectivity index (χ3n) is 5.21. The molecule has 0 aliphatic heterocycles. The predicted molar refractivity (Wildman–Crippen MR) is 136 cm³/mol. The first-order chi connectivity index (χ1) is 17.6. The summed E-state index contributed by atoms with van der Waals surface area (Å²) in [5.74, 6) is -1.42. The molecule has 0 aliphatic rings. The van der Waals surface area contributed by atoms with E-state index >= 15 is 0 Å². The number of carbonyl (C=O) groups excluding carboxylic acids is 2. The van der Waals surface area contributed by atoms with E-state index in [1.54, 1.807) is 34.6 Å². The number of alkyl halides is 3. The molecule has 1 amide bonds. The highest BCUT2D eigenvalue weighted by Gasteiger charge is 2.29. The fourth-order valence-corrected chi connectivity index (χ4v) is 3.37. The minimum Gasteiger partial charge on any atom is -0.393 e. The topological polar surface area (TPSA) is 124 Å². The Bertz CT molecular complexity index is 1310. The number of anilines is 1. The number of rotatable bonds is 11. The van der Waals surface area contributed by atoms with E-state index in [2.05, 4.69) is 10.5 Å². The number of aromatic nitrogens is 2. The molecule has 1 aromatic carbocycles. The van der Waals surface area contributed by atoms with Gasteiger partial charge < -0.3 is 10.2 Å². The van der Waals surface area contributed by atoms with Gasteiger partial charge in [-0.2, -0.15) is 13.2 Å². The van der Waals surface area contributed by atoms with Gasteiger partial charge in [0.25, 0.3) is 5.56 Å². The molecule has 2 aromatic rings. The molecule has 0 fully saturated rings. The normalized spacial score (nSPS) is 13.0. The van der Waals surface area contributed by atoms with Crippen LogP contribution in [-0.2, 0) is 22.7 Å². The van der Waals surface area contributed by atoms with Gasteiger partial charge >= 0.3 is 12.0 Å². The summed E-state index contributed by atoms with van der Waals surface area (Å²) in [5, 5.41) is 7.93. The minimum atomic E-state index is -4.78. The van der Waals surface area contributed by atoms with Crippen LogP contribution in [0.2, 0.25) is 0 Å². The Labute approximate surface area is 217 Å². The van der Waals surface area contributed by atoms with Crippen molar-refractivity contribution in [3.8, 4) is 0 Å². The van der Waals surface area contributed by atoms with Crippen molar-refractivity contribution in [2.24, 2.45) is 11.1 Å². The lowest BCUT2D eigenvalue weighted by Gasteiger charge is -2.19. The largest absolute Gasteiger partial charge is 0.482 e. The fourth-order valence-electron chi connectivity index (χ4n) is 3.37. The van der Waals surface area contributed by atoms with Gasteiger partial charge in [0.05, 0.1) is 30.1 Å². The second-order valence-corrected chi connectivity index (χ2v) is 9.36. The highest BCUT2D eigenvalue weighted by Crippen LogP contribution is 2.23. The van der Waals surface area contributed by atoms with E-state index in [-0.39, 0.29) is 41.3 Å². The molecule has 0 aliphatic carbocycles. The van der Waals surface area contributed by atoms with Crippen molar-refractivity contribution in [2.45, 2.75) is 73.1 Å². The molecular formula is C25H32F3N5O5. The van der Waals surface area contributed by atoms with Gasteiger partial charge in [-0.25, -0.2) is 4.79 Å². The number of ketones is 1. The van der Waals surface area contributed by atoms with Crippen molar-refractivity contribution in [3.63, 3.8) is 0 Å². The highest BCUT2D eigenvalue weighted by atomic mass is 19.4. The number of hydrogen-bond donors (Lipinski definition) is 2. The van der Waals surface area contributed by atoms with Gasteiger partial charge in [-0.05, 0) is 39.8 Å². The van der Waals surface area contributed by atoms with Crippen molar-refractivity contribution >= 4 is 23.1 Å². The molecule has 0 saturated heterocycles. The summed E-state index contributed by atoms with van der Waals surface area (Å²) < 4.78 is 40.6. The molecule has 0 spiro atoms. The number of nitrogens with one attached hydrogen (secondary N) is 2. The van der Waals surface area contributed by atoms with Crippen LogP contribution in [0.25, 0.3) is 0 Å². The van der Waals surface area contributed by atoms with E-state index in [0.29, 0.717) is 0 Å². The Balaban J connectivity index is 2.57. The standard InChI is InChI=1S/C25H32F3N5O5/c1-14(2)22(35)29-16(5)11-33-23(36)19(17(6)31-38-15(3)4)12-32(24(33)37)13-21(34)18-9-7-8-10-20(18)30-25(26,27)28/h7-10,12,14-16,30H,11,13H2,1-6H3,(H,29,35)/b31-17+/t16-/m0/s1. The summed E-state index contributed by atoms with van der Waals surface area (Å²) in [6.07, 6.45) is -3.96. The van der Waals surface area contributed by atoms with Crippen molar-refractivity contribution in [3.05, 3.63) is 62.4 Å². The number of amides is 1. The van der Waals surface area contributed by atoms with Gasteiger partial charge in [0.2, 0.25) is 5.91 Å². The SMILES string of the molecule is C/C(=N\OC(C)C)c1cn(CC(=O)c2ccccc2NC(F)(F)F)c(=O)n(C[C@H](C)NC(=O)C(C)C)c1=O. The number of carbonyl (C=O) groups is 2. The molecule has 0 unspecified atom stereocenters. The van der Waals surface area contributed by atoms with Crippen molar-refractivity contribution in [2.75, 3.05) is 5.32 Å². The van der Waals surface area contributed by atoms with Crippen LogP contribution < -0.4 is 21.9 Å². The van der Waals surface area contributed by atoms with E-state index < -0.39 is 41.6 Å². The molecular weight excluding hydrogens is 507 g/mol. The van der Waals surface area contributed by atoms with Crippen LogP contribution in [0.4, 0.5) is 18.9 Å². The second kappa shape index (κ2) is 12.6. The zero-order valence-electron chi connectivity index (χ0n) is 22.0. The molecule has 0 bridgehead atoms. The van der Waals surface area contributed by atoms with Gasteiger partial charge in [-0.15, -0.1) is 0 Å². The number of benzene rings is 1. The van der Waals surface area contributed by atoms with E-state index in [4.69, 9.17) is 4.84 Å². The fraction of sp³-hybridized carbons (Fsp3) is 0.480. The monoisotopic (exact) mass is 539 g/mol. The van der Waals surface area contributed by atoms with Gasteiger partial charge in [-0.1, -0.05) is 31.1 Å². The Morgan fingerprint density at radius 3 is 2.26 bits per heavy atom. The van der Waals surface area contributed by atoms with Crippen LogP contribution >= 0.6 is 0 Å². The van der Waals surface area contributed by atoms with Crippen molar-refractivity contribution in [1.82, 2.24) is 14.5 Å². The molecule has 1 atom stereocenters. The van der Waals surface area contributed by atoms with E-state index in [9.17, 15) is 32.3 Å². The molecule has 10 nitrogen and oxygen atoms in total. The lowest BCUT2D eigenvalue weighted by atomic mass is 10.1. The van der Waals surface area contributed by atoms with Gasteiger partial charge in [0.1, 0.15) is 6.10 Å². The molecule has 208 valence electrons. The summed E-state index contributed by atoms with van der Waals surface area (Å²) in [6.45, 7) is 9.03. The second-order valence-electron chi connectivity index (χ2n) is 9.36. The number of Topliss-reactive ketones (excluding diaryl/α,β-unsaturated/α-hetero) is 1. The summed E-state index contributed by atoms with van der Waals surface area (Å²) in [6, 6.07) is 4.38. The number of para-hydroxylation sites is 1.